The molecule has 1 N–H and O–H groups in total. The third kappa shape index (κ3) is 10.3. The summed E-state index contributed by atoms with van der Waals surface area (Å²) in [4.78, 5) is 0. The fraction of sp³-hybridized carbons (Fsp3) is 1.00. The standard InChI is InChI=1S/C15H30O4/c1-2-3-8-17-10-12-19-13-11-18-9-4-5-15(16)14-6-7-14/h14-16H,2-13H2,1H3. The molecule has 4 heteroatoms. The Hall–Kier alpha value is -0.160. The Morgan fingerprint density at radius 2 is 1.42 bits per heavy atom. The molecule has 0 aromatic rings. The molecule has 1 fully saturated rings. The molecule has 0 heterocycles. The van der Waals surface area contributed by atoms with Gasteiger partial charge in [0.25, 0.3) is 0 Å². The van der Waals surface area contributed by atoms with Crippen LogP contribution < -0.4 is 0 Å². The maximum Gasteiger partial charge on any atom is 0.0701 e. The highest BCUT2D eigenvalue weighted by Gasteiger charge is 2.28. The van der Waals surface area contributed by atoms with E-state index < -0.39 is 0 Å². The Balaban J connectivity index is 1.67. The van der Waals surface area contributed by atoms with Gasteiger partial charge in [-0.3, -0.25) is 0 Å². The lowest BCUT2D eigenvalue weighted by molar-refractivity contribution is 0.0115. The quantitative estimate of drug-likeness (QED) is 0.494. The molecule has 0 saturated heterocycles. The molecule has 1 unspecified atom stereocenters. The van der Waals surface area contributed by atoms with E-state index in [1.54, 1.807) is 0 Å². The molecule has 0 bridgehead atoms. The van der Waals surface area contributed by atoms with Crippen molar-refractivity contribution in [2.75, 3.05) is 39.6 Å². The zero-order valence-electron chi connectivity index (χ0n) is 12.3. The third-order valence-electron chi connectivity index (χ3n) is 3.34. The van der Waals surface area contributed by atoms with Crippen molar-refractivity contribution in [1.82, 2.24) is 0 Å². The van der Waals surface area contributed by atoms with Crippen LogP contribution in [0.5, 0.6) is 0 Å². The van der Waals surface area contributed by atoms with E-state index in [1.165, 1.54) is 19.3 Å². The van der Waals surface area contributed by atoms with Crippen molar-refractivity contribution < 1.29 is 19.3 Å². The van der Waals surface area contributed by atoms with Crippen molar-refractivity contribution in [2.45, 2.75) is 51.6 Å². The molecule has 19 heavy (non-hydrogen) atoms. The van der Waals surface area contributed by atoms with Gasteiger partial charge in [0, 0.05) is 13.2 Å². The van der Waals surface area contributed by atoms with E-state index in [1.807, 2.05) is 0 Å². The number of ether oxygens (including phenoxy) is 3. The van der Waals surface area contributed by atoms with Gasteiger partial charge in [0.1, 0.15) is 0 Å². The Kier molecular flexibility index (Phi) is 10.4. The summed E-state index contributed by atoms with van der Waals surface area (Å²) in [7, 11) is 0. The normalized spacial score (nSPS) is 16.7. The first-order valence-electron chi connectivity index (χ1n) is 7.76. The maximum absolute atomic E-state index is 9.66. The van der Waals surface area contributed by atoms with Gasteiger partial charge in [-0.05, 0) is 38.0 Å². The smallest absolute Gasteiger partial charge is 0.0701 e. The molecule has 1 saturated carbocycles. The Morgan fingerprint density at radius 3 is 1.95 bits per heavy atom. The van der Waals surface area contributed by atoms with Gasteiger partial charge in [0.2, 0.25) is 0 Å². The largest absolute Gasteiger partial charge is 0.393 e. The van der Waals surface area contributed by atoms with Crippen molar-refractivity contribution in [3.8, 4) is 0 Å². The highest BCUT2D eigenvalue weighted by atomic mass is 16.5. The molecule has 1 atom stereocenters. The predicted octanol–water partition coefficient (Wildman–Crippen LogP) is 2.39. The predicted molar refractivity (Wildman–Crippen MR) is 75.3 cm³/mol. The number of unbranched alkanes of at least 4 members (excludes halogenated alkanes) is 1. The summed E-state index contributed by atoms with van der Waals surface area (Å²) >= 11 is 0. The lowest BCUT2D eigenvalue weighted by atomic mass is 10.1. The zero-order valence-corrected chi connectivity index (χ0v) is 12.3. The van der Waals surface area contributed by atoms with Crippen LogP contribution in [0.15, 0.2) is 0 Å². The molecule has 0 amide bonds. The van der Waals surface area contributed by atoms with Gasteiger partial charge in [0.15, 0.2) is 0 Å². The summed E-state index contributed by atoms with van der Waals surface area (Å²) in [5.41, 5.74) is 0. The van der Waals surface area contributed by atoms with E-state index in [2.05, 4.69) is 6.92 Å². The monoisotopic (exact) mass is 274 g/mol. The molecule has 1 rings (SSSR count). The van der Waals surface area contributed by atoms with Crippen LogP contribution >= 0.6 is 0 Å². The van der Waals surface area contributed by atoms with Crippen LogP contribution in [0.3, 0.4) is 0 Å². The average Bonchev–Trinajstić information content (AvgIpc) is 3.24. The Bertz CT molecular complexity index is 195. The van der Waals surface area contributed by atoms with E-state index >= 15 is 0 Å². The fourth-order valence-corrected chi connectivity index (χ4v) is 1.90. The topological polar surface area (TPSA) is 47.9 Å². The molecule has 0 aliphatic heterocycles. The molecular formula is C15H30O4. The van der Waals surface area contributed by atoms with Gasteiger partial charge in [-0.2, -0.15) is 0 Å². The summed E-state index contributed by atoms with van der Waals surface area (Å²) < 4.78 is 16.2. The molecule has 4 nitrogen and oxygen atoms in total. The SMILES string of the molecule is CCCCOCCOCCOCCCC(O)C1CC1. The van der Waals surface area contributed by atoms with Crippen molar-refractivity contribution in [3.63, 3.8) is 0 Å². The van der Waals surface area contributed by atoms with Crippen molar-refractivity contribution in [3.05, 3.63) is 0 Å². The van der Waals surface area contributed by atoms with Gasteiger partial charge in [-0.1, -0.05) is 13.3 Å². The van der Waals surface area contributed by atoms with Crippen LogP contribution in [-0.4, -0.2) is 50.9 Å². The highest BCUT2D eigenvalue weighted by Crippen LogP contribution is 2.34. The van der Waals surface area contributed by atoms with Crippen molar-refractivity contribution >= 4 is 0 Å². The lowest BCUT2D eigenvalue weighted by Gasteiger charge is -2.09. The van der Waals surface area contributed by atoms with Crippen molar-refractivity contribution in [2.24, 2.45) is 5.92 Å². The van der Waals surface area contributed by atoms with Gasteiger partial charge in [-0.25, -0.2) is 0 Å². The van der Waals surface area contributed by atoms with Gasteiger partial charge < -0.3 is 19.3 Å². The van der Waals surface area contributed by atoms with E-state index in [0.717, 1.165) is 32.5 Å². The van der Waals surface area contributed by atoms with Crippen LogP contribution in [0.2, 0.25) is 0 Å². The molecule has 0 spiro atoms. The molecule has 1 aliphatic carbocycles. The van der Waals surface area contributed by atoms with Crippen LogP contribution in [0.4, 0.5) is 0 Å². The first-order chi connectivity index (χ1) is 9.34. The second-order valence-corrected chi connectivity index (χ2v) is 5.24. The summed E-state index contributed by atoms with van der Waals surface area (Å²) in [5, 5.41) is 9.66. The van der Waals surface area contributed by atoms with Crippen molar-refractivity contribution in [1.29, 1.82) is 0 Å². The zero-order chi connectivity index (χ0) is 13.8. The van der Waals surface area contributed by atoms with Crippen LogP contribution in [0.1, 0.15) is 45.4 Å². The van der Waals surface area contributed by atoms with E-state index in [4.69, 9.17) is 14.2 Å². The first kappa shape index (κ1) is 16.9. The van der Waals surface area contributed by atoms with Gasteiger partial charge in [-0.15, -0.1) is 0 Å². The van der Waals surface area contributed by atoms with E-state index in [9.17, 15) is 5.11 Å². The number of rotatable bonds is 14. The van der Waals surface area contributed by atoms with Crippen LogP contribution in [0, 0.1) is 5.92 Å². The minimum Gasteiger partial charge on any atom is -0.393 e. The number of hydrogen-bond acceptors (Lipinski definition) is 4. The highest BCUT2D eigenvalue weighted by molar-refractivity contribution is 4.80. The second-order valence-electron chi connectivity index (χ2n) is 5.24. The number of aliphatic hydroxyl groups excluding tert-OH is 1. The minimum atomic E-state index is -0.0971. The van der Waals surface area contributed by atoms with Gasteiger partial charge in [0.05, 0.1) is 32.5 Å². The minimum absolute atomic E-state index is 0.0971. The fourth-order valence-electron chi connectivity index (χ4n) is 1.90. The second kappa shape index (κ2) is 11.6. The first-order valence-corrected chi connectivity index (χ1v) is 7.76. The van der Waals surface area contributed by atoms with E-state index in [-0.39, 0.29) is 6.10 Å². The molecule has 1 aliphatic rings. The molecule has 114 valence electrons. The molecule has 0 aromatic heterocycles. The Labute approximate surface area is 117 Å². The molecule has 0 aromatic carbocycles. The summed E-state index contributed by atoms with van der Waals surface area (Å²) in [6, 6.07) is 0. The average molecular weight is 274 g/mol. The lowest BCUT2D eigenvalue weighted by Crippen LogP contribution is -2.12. The molecular weight excluding hydrogens is 244 g/mol. The van der Waals surface area contributed by atoms with Crippen LogP contribution in [0.25, 0.3) is 0 Å². The summed E-state index contributed by atoms with van der Waals surface area (Å²) in [5.74, 6) is 0.580. The number of aliphatic hydroxyl groups is 1. The Morgan fingerprint density at radius 1 is 0.895 bits per heavy atom. The molecule has 0 radical (unpaired) electrons. The number of hydrogen-bond donors (Lipinski definition) is 1. The third-order valence-corrected chi connectivity index (χ3v) is 3.34. The van der Waals surface area contributed by atoms with Crippen LogP contribution in [-0.2, 0) is 14.2 Å². The summed E-state index contributed by atoms with van der Waals surface area (Å²) in [6.45, 7) is 6.29. The summed E-state index contributed by atoms with van der Waals surface area (Å²) in [6.07, 6.45) is 6.42. The van der Waals surface area contributed by atoms with Gasteiger partial charge >= 0.3 is 0 Å². The van der Waals surface area contributed by atoms with E-state index in [0.29, 0.717) is 32.3 Å². The maximum atomic E-state index is 9.66.